The molecule has 4 rings (SSSR count). The van der Waals surface area contributed by atoms with Gasteiger partial charge in [0.25, 0.3) is 0 Å². The van der Waals surface area contributed by atoms with E-state index in [1.807, 2.05) is 67.6 Å². The van der Waals surface area contributed by atoms with E-state index in [1.54, 1.807) is 6.07 Å². The first-order valence-electron chi connectivity index (χ1n) is 8.34. The average molecular weight is 378 g/mol. The van der Waals surface area contributed by atoms with E-state index in [1.165, 1.54) is 0 Å². The number of aryl methyl sites for hydroxylation is 1. The summed E-state index contributed by atoms with van der Waals surface area (Å²) in [5, 5.41) is 10.9. The fourth-order valence-electron chi connectivity index (χ4n) is 2.56. The first-order chi connectivity index (χ1) is 13.2. The van der Waals surface area contributed by atoms with Crippen LogP contribution in [-0.2, 0) is 0 Å². The van der Waals surface area contributed by atoms with E-state index in [-0.39, 0.29) is 0 Å². The van der Waals surface area contributed by atoms with Crippen LogP contribution in [0.3, 0.4) is 0 Å². The van der Waals surface area contributed by atoms with Crippen molar-refractivity contribution in [3.8, 4) is 11.3 Å². The summed E-state index contributed by atoms with van der Waals surface area (Å²) >= 11 is 6.26. The number of nitrogens with zero attached hydrogens (tertiary/aromatic N) is 3. The second-order valence-electron chi connectivity index (χ2n) is 5.88. The van der Waals surface area contributed by atoms with Crippen molar-refractivity contribution in [1.29, 1.82) is 0 Å². The Morgan fingerprint density at radius 2 is 1.63 bits per heavy atom. The Hall–Kier alpha value is -3.38. The SMILES string of the molecule is Cc1cc(Nc2nc(Nc3ccccc3Cl)cc(-c3ccccc3)n2)no1. The van der Waals surface area contributed by atoms with Gasteiger partial charge < -0.3 is 15.2 Å². The topological polar surface area (TPSA) is 75.9 Å². The van der Waals surface area contributed by atoms with Crippen LogP contribution in [0.25, 0.3) is 11.3 Å². The van der Waals surface area contributed by atoms with E-state index < -0.39 is 0 Å². The Labute approximate surface area is 161 Å². The molecule has 0 atom stereocenters. The lowest BCUT2D eigenvalue weighted by molar-refractivity contribution is 0.400. The summed E-state index contributed by atoms with van der Waals surface area (Å²) in [5.74, 6) is 2.26. The van der Waals surface area contributed by atoms with Gasteiger partial charge in [-0.1, -0.05) is 59.2 Å². The van der Waals surface area contributed by atoms with Gasteiger partial charge in [0.2, 0.25) is 5.95 Å². The van der Waals surface area contributed by atoms with Crippen LogP contribution in [0.5, 0.6) is 0 Å². The molecule has 7 heteroatoms. The molecule has 134 valence electrons. The molecule has 0 unspecified atom stereocenters. The van der Waals surface area contributed by atoms with Crippen molar-refractivity contribution in [1.82, 2.24) is 15.1 Å². The lowest BCUT2D eigenvalue weighted by atomic mass is 10.1. The van der Waals surface area contributed by atoms with Crippen LogP contribution < -0.4 is 10.6 Å². The molecular formula is C20H16ClN5O. The van der Waals surface area contributed by atoms with Crippen LogP contribution in [0.2, 0.25) is 5.02 Å². The molecular weight excluding hydrogens is 362 g/mol. The number of aromatic nitrogens is 3. The van der Waals surface area contributed by atoms with Crippen molar-refractivity contribution in [2.24, 2.45) is 0 Å². The van der Waals surface area contributed by atoms with Crippen molar-refractivity contribution in [3.05, 3.63) is 77.5 Å². The van der Waals surface area contributed by atoms with Crippen molar-refractivity contribution < 1.29 is 4.52 Å². The van der Waals surface area contributed by atoms with Gasteiger partial charge in [0.15, 0.2) is 5.82 Å². The van der Waals surface area contributed by atoms with E-state index in [0.717, 1.165) is 16.9 Å². The minimum absolute atomic E-state index is 0.402. The monoisotopic (exact) mass is 377 g/mol. The highest BCUT2D eigenvalue weighted by Gasteiger charge is 2.10. The standard InChI is InChI=1S/C20H16ClN5O/c1-13-11-19(26-27-13)25-20-23-17(14-7-3-2-4-8-14)12-18(24-20)22-16-10-6-5-9-15(16)21/h2-12H,1H3,(H2,22,23,24,25,26). The molecule has 2 N–H and O–H groups in total. The molecule has 4 aromatic rings. The van der Waals surface area contributed by atoms with Gasteiger partial charge in [-0.25, -0.2) is 4.98 Å². The Morgan fingerprint density at radius 3 is 2.37 bits per heavy atom. The summed E-state index contributed by atoms with van der Waals surface area (Å²) in [5.41, 5.74) is 2.50. The molecule has 0 bridgehead atoms. The fourth-order valence-corrected chi connectivity index (χ4v) is 2.75. The van der Waals surface area contributed by atoms with Crippen molar-refractivity contribution in [3.63, 3.8) is 0 Å². The molecule has 2 aromatic heterocycles. The number of anilines is 4. The molecule has 2 heterocycles. The normalized spacial score (nSPS) is 10.6. The summed E-state index contributed by atoms with van der Waals surface area (Å²) in [4.78, 5) is 9.12. The summed E-state index contributed by atoms with van der Waals surface area (Å²) in [6.07, 6.45) is 0. The van der Waals surface area contributed by atoms with Crippen LogP contribution in [0.4, 0.5) is 23.3 Å². The number of halogens is 1. The van der Waals surface area contributed by atoms with Crippen molar-refractivity contribution in [2.45, 2.75) is 6.92 Å². The molecule has 2 aromatic carbocycles. The Morgan fingerprint density at radius 1 is 0.852 bits per heavy atom. The fraction of sp³-hybridized carbons (Fsp3) is 0.0500. The molecule has 6 nitrogen and oxygen atoms in total. The van der Waals surface area contributed by atoms with Gasteiger partial charge in [-0.15, -0.1) is 0 Å². The maximum Gasteiger partial charge on any atom is 0.231 e. The summed E-state index contributed by atoms with van der Waals surface area (Å²) in [6, 6.07) is 21.0. The summed E-state index contributed by atoms with van der Waals surface area (Å²) < 4.78 is 5.09. The third-order valence-electron chi connectivity index (χ3n) is 3.80. The minimum Gasteiger partial charge on any atom is -0.360 e. The van der Waals surface area contributed by atoms with Crippen molar-refractivity contribution in [2.75, 3.05) is 10.6 Å². The highest BCUT2D eigenvalue weighted by molar-refractivity contribution is 6.33. The van der Waals surface area contributed by atoms with E-state index in [4.69, 9.17) is 16.1 Å². The number of nitrogens with one attached hydrogen (secondary N) is 2. The predicted molar refractivity (Wildman–Crippen MR) is 107 cm³/mol. The molecule has 0 saturated heterocycles. The minimum atomic E-state index is 0.402. The molecule has 0 spiro atoms. The lowest BCUT2D eigenvalue weighted by Crippen LogP contribution is -2.03. The van der Waals surface area contributed by atoms with Crippen LogP contribution in [0.15, 0.2) is 71.3 Å². The number of rotatable bonds is 5. The molecule has 0 aliphatic rings. The van der Waals surface area contributed by atoms with Gasteiger partial charge in [0, 0.05) is 17.7 Å². The predicted octanol–water partition coefficient (Wildman–Crippen LogP) is 5.58. The van der Waals surface area contributed by atoms with Crippen molar-refractivity contribution >= 4 is 34.9 Å². The maximum atomic E-state index is 6.26. The molecule has 0 amide bonds. The zero-order valence-corrected chi connectivity index (χ0v) is 15.2. The van der Waals surface area contributed by atoms with E-state index >= 15 is 0 Å². The molecule has 0 fully saturated rings. The van der Waals surface area contributed by atoms with Gasteiger partial charge in [0.1, 0.15) is 11.6 Å². The van der Waals surface area contributed by atoms with Gasteiger partial charge in [-0.3, -0.25) is 0 Å². The van der Waals surface area contributed by atoms with E-state index in [9.17, 15) is 0 Å². The molecule has 0 saturated carbocycles. The van der Waals surface area contributed by atoms with Crippen LogP contribution in [0.1, 0.15) is 5.76 Å². The zero-order valence-electron chi connectivity index (χ0n) is 14.5. The van der Waals surface area contributed by atoms with Crippen LogP contribution in [0, 0.1) is 6.92 Å². The highest BCUT2D eigenvalue weighted by Crippen LogP contribution is 2.28. The van der Waals surface area contributed by atoms with Crippen LogP contribution in [-0.4, -0.2) is 15.1 Å². The van der Waals surface area contributed by atoms with Crippen LogP contribution >= 0.6 is 11.6 Å². The Kier molecular flexibility index (Phi) is 4.72. The smallest absolute Gasteiger partial charge is 0.231 e. The van der Waals surface area contributed by atoms with E-state index in [0.29, 0.717) is 28.4 Å². The van der Waals surface area contributed by atoms with Gasteiger partial charge in [-0.2, -0.15) is 4.98 Å². The molecule has 0 aliphatic heterocycles. The molecule has 0 aliphatic carbocycles. The first-order valence-corrected chi connectivity index (χ1v) is 8.71. The summed E-state index contributed by atoms with van der Waals surface area (Å²) in [6.45, 7) is 1.82. The summed E-state index contributed by atoms with van der Waals surface area (Å²) in [7, 11) is 0. The number of para-hydroxylation sites is 1. The molecule has 27 heavy (non-hydrogen) atoms. The highest BCUT2D eigenvalue weighted by atomic mass is 35.5. The van der Waals surface area contributed by atoms with Gasteiger partial charge in [-0.05, 0) is 19.1 Å². The Bertz CT molecular complexity index is 1060. The first kappa shape index (κ1) is 17.1. The zero-order chi connectivity index (χ0) is 18.6. The molecule has 0 radical (unpaired) electrons. The third-order valence-corrected chi connectivity index (χ3v) is 4.13. The van der Waals surface area contributed by atoms with E-state index in [2.05, 4.69) is 25.8 Å². The largest absolute Gasteiger partial charge is 0.360 e. The van der Waals surface area contributed by atoms with Gasteiger partial charge in [0.05, 0.1) is 16.4 Å². The second kappa shape index (κ2) is 7.47. The van der Waals surface area contributed by atoms with Gasteiger partial charge >= 0.3 is 0 Å². The Balaban J connectivity index is 1.73. The second-order valence-corrected chi connectivity index (χ2v) is 6.29. The third kappa shape index (κ3) is 4.07. The lowest BCUT2D eigenvalue weighted by Gasteiger charge is -2.11. The number of hydrogen-bond donors (Lipinski definition) is 2. The maximum absolute atomic E-state index is 6.26. The average Bonchev–Trinajstić information content (AvgIpc) is 3.09. The number of hydrogen-bond acceptors (Lipinski definition) is 6. The quantitative estimate of drug-likeness (QED) is 0.472. The number of benzene rings is 2.